The molecule has 0 spiro atoms. The number of rotatable bonds is 8. The van der Waals surface area contributed by atoms with Gasteiger partial charge in [-0.05, 0) is 0 Å². The molecule has 5 heteroatoms. The van der Waals surface area contributed by atoms with E-state index in [1.54, 1.807) is 0 Å². The van der Waals surface area contributed by atoms with Crippen LogP contribution in [-0.2, 0) is 11.2 Å². The molecule has 1 aromatic heterocycles. The van der Waals surface area contributed by atoms with Gasteiger partial charge in [-0.15, -0.1) is 0 Å². The molecule has 0 fully saturated rings. The number of hydrogen-bond donors (Lipinski definition) is 1. The van der Waals surface area contributed by atoms with Crippen molar-refractivity contribution in [1.29, 1.82) is 0 Å². The van der Waals surface area contributed by atoms with E-state index in [0.717, 1.165) is 43.4 Å². The fourth-order valence-electron chi connectivity index (χ4n) is 2.10. The average Bonchev–Trinajstić information content (AvgIpc) is 2.92. The van der Waals surface area contributed by atoms with Crippen LogP contribution in [0, 0.1) is 0 Å². The third kappa shape index (κ3) is 4.58. The second kappa shape index (κ2) is 7.98. The second-order valence-electron chi connectivity index (χ2n) is 4.72. The number of carboxylic acid groups (broad SMARTS) is 1. The molecule has 0 saturated carbocycles. The molecule has 0 aliphatic heterocycles. The van der Waals surface area contributed by atoms with Gasteiger partial charge in [0.15, 0.2) is 0 Å². The summed E-state index contributed by atoms with van der Waals surface area (Å²) in [5.74, 6) is -0.698. The van der Waals surface area contributed by atoms with Crippen LogP contribution >= 0.6 is 0 Å². The maximum absolute atomic E-state index is 10.4. The van der Waals surface area contributed by atoms with Gasteiger partial charge in [0, 0.05) is 0 Å². The van der Waals surface area contributed by atoms with Gasteiger partial charge in [0.05, 0.1) is 0 Å². The molecule has 1 aromatic carbocycles. The molecular formula is C15H18N2O2Se. The molecule has 106 valence electrons. The average molecular weight is 337 g/mol. The molecule has 0 atom stereocenters. The predicted molar refractivity (Wildman–Crippen MR) is 78.8 cm³/mol. The first kappa shape index (κ1) is 14.9. The Morgan fingerprint density at radius 1 is 1.10 bits per heavy atom. The number of aliphatic carboxylic acids is 1. The molecule has 0 aliphatic rings. The third-order valence-electron chi connectivity index (χ3n) is 3.15. The van der Waals surface area contributed by atoms with Crippen molar-refractivity contribution in [2.24, 2.45) is 0 Å². The summed E-state index contributed by atoms with van der Waals surface area (Å²) in [5, 5.41) is 12.9. The van der Waals surface area contributed by atoms with Gasteiger partial charge in [0.25, 0.3) is 0 Å². The molecule has 1 N–H and O–H groups in total. The molecular weight excluding hydrogens is 319 g/mol. The van der Waals surface area contributed by atoms with Gasteiger partial charge < -0.3 is 0 Å². The number of carboxylic acids is 1. The summed E-state index contributed by atoms with van der Waals surface area (Å²) in [5.41, 5.74) is 2.20. The summed E-state index contributed by atoms with van der Waals surface area (Å²) in [7, 11) is 0. The summed E-state index contributed by atoms with van der Waals surface area (Å²) in [6, 6.07) is 10.2. The van der Waals surface area contributed by atoms with Crippen molar-refractivity contribution in [1.82, 2.24) is 9.19 Å². The zero-order valence-corrected chi connectivity index (χ0v) is 13.0. The number of benzene rings is 1. The zero-order valence-electron chi connectivity index (χ0n) is 11.3. The van der Waals surface area contributed by atoms with Gasteiger partial charge in [-0.1, -0.05) is 0 Å². The van der Waals surface area contributed by atoms with Crippen molar-refractivity contribution < 1.29 is 9.90 Å². The maximum atomic E-state index is 10.4. The number of unbranched alkanes of at least 4 members (excludes halogenated alkanes) is 3. The summed E-state index contributed by atoms with van der Waals surface area (Å²) in [6.45, 7) is 0. The van der Waals surface area contributed by atoms with Crippen LogP contribution < -0.4 is 0 Å². The van der Waals surface area contributed by atoms with Crippen molar-refractivity contribution in [3.63, 3.8) is 0 Å². The van der Waals surface area contributed by atoms with Crippen LogP contribution in [0.25, 0.3) is 11.3 Å². The standard InChI is InChI=1S/C15H18N2O2Se/c18-14(19)11-7-2-1-6-10-13-15(16-17-20-13)12-8-4-3-5-9-12/h3-5,8-9H,1-2,6-7,10-11H2,(H,18,19). The summed E-state index contributed by atoms with van der Waals surface area (Å²) < 4.78 is 5.56. The van der Waals surface area contributed by atoms with E-state index in [1.807, 2.05) is 18.2 Å². The molecule has 0 amide bonds. The van der Waals surface area contributed by atoms with Crippen LogP contribution in [0.2, 0.25) is 0 Å². The molecule has 2 aromatic rings. The van der Waals surface area contributed by atoms with E-state index in [1.165, 1.54) is 4.44 Å². The van der Waals surface area contributed by atoms with Crippen LogP contribution in [0.15, 0.2) is 30.3 Å². The Morgan fingerprint density at radius 3 is 2.60 bits per heavy atom. The fourth-order valence-corrected chi connectivity index (χ4v) is 3.58. The van der Waals surface area contributed by atoms with Crippen molar-refractivity contribution in [2.45, 2.75) is 38.5 Å². The Bertz CT molecular complexity index is 540. The van der Waals surface area contributed by atoms with Crippen molar-refractivity contribution in [3.8, 4) is 11.3 Å². The quantitative estimate of drug-likeness (QED) is 0.594. The van der Waals surface area contributed by atoms with Crippen molar-refractivity contribution in [2.75, 3.05) is 0 Å². The Balaban J connectivity index is 1.80. The summed E-state index contributed by atoms with van der Waals surface area (Å²) in [6.07, 6.45) is 5.26. The first-order chi connectivity index (χ1) is 9.77. The second-order valence-corrected chi connectivity index (χ2v) is 6.48. The molecule has 0 saturated heterocycles. The van der Waals surface area contributed by atoms with Crippen LogP contribution in [-0.4, -0.2) is 35.0 Å². The van der Waals surface area contributed by atoms with E-state index < -0.39 is 5.97 Å². The van der Waals surface area contributed by atoms with E-state index in [0.29, 0.717) is 0 Å². The molecule has 0 aliphatic carbocycles. The Morgan fingerprint density at radius 2 is 1.85 bits per heavy atom. The van der Waals surface area contributed by atoms with Crippen molar-refractivity contribution >= 4 is 20.7 Å². The normalized spacial score (nSPS) is 10.6. The molecule has 0 radical (unpaired) electrons. The molecule has 4 nitrogen and oxygen atoms in total. The van der Waals surface area contributed by atoms with E-state index in [4.69, 9.17) is 5.11 Å². The molecule has 0 unspecified atom stereocenters. The number of hydrogen-bond acceptors (Lipinski definition) is 3. The monoisotopic (exact) mass is 338 g/mol. The number of aryl methyl sites for hydroxylation is 1. The Kier molecular flexibility index (Phi) is 5.96. The molecule has 2 rings (SSSR count). The van der Waals surface area contributed by atoms with Gasteiger partial charge >= 0.3 is 124 Å². The number of carbonyl (C=O) groups is 1. The number of aromatic nitrogens is 2. The third-order valence-corrected chi connectivity index (χ3v) is 4.79. The SMILES string of the molecule is O=C(O)CCCCCCc1[se]nnc1-c1ccccc1. The molecule has 0 bridgehead atoms. The van der Waals surface area contributed by atoms with Gasteiger partial charge in [-0.3, -0.25) is 0 Å². The molecule has 20 heavy (non-hydrogen) atoms. The van der Waals surface area contributed by atoms with E-state index in [9.17, 15) is 4.79 Å². The van der Waals surface area contributed by atoms with E-state index >= 15 is 0 Å². The minimum absolute atomic E-state index is 0.145. The van der Waals surface area contributed by atoms with Crippen LogP contribution in [0.4, 0.5) is 0 Å². The van der Waals surface area contributed by atoms with Crippen LogP contribution in [0.3, 0.4) is 0 Å². The predicted octanol–water partition coefficient (Wildman–Crippen LogP) is 2.78. The van der Waals surface area contributed by atoms with Gasteiger partial charge in [-0.25, -0.2) is 0 Å². The van der Waals surface area contributed by atoms with Gasteiger partial charge in [-0.2, -0.15) is 0 Å². The van der Waals surface area contributed by atoms with Crippen molar-refractivity contribution in [3.05, 3.63) is 34.8 Å². The van der Waals surface area contributed by atoms with Gasteiger partial charge in [0.1, 0.15) is 0 Å². The topological polar surface area (TPSA) is 63.1 Å². The first-order valence-corrected chi connectivity index (χ1v) is 8.48. The summed E-state index contributed by atoms with van der Waals surface area (Å²) >= 11 is 0.145. The Labute approximate surface area is 124 Å². The van der Waals surface area contributed by atoms with E-state index in [-0.39, 0.29) is 21.2 Å². The van der Waals surface area contributed by atoms with Gasteiger partial charge in [0.2, 0.25) is 0 Å². The molecule has 1 heterocycles. The van der Waals surface area contributed by atoms with Crippen LogP contribution in [0.5, 0.6) is 0 Å². The number of nitrogens with zero attached hydrogens (tertiary/aromatic N) is 2. The first-order valence-electron chi connectivity index (χ1n) is 6.86. The summed E-state index contributed by atoms with van der Waals surface area (Å²) in [4.78, 5) is 10.4. The zero-order chi connectivity index (χ0) is 14.2. The fraction of sp³-hybridized carbons (Fsp3) is 0.400. The van der Waals surface area contributed by atoms with E-state index in [2.05, 4.69) is 21.3 Å². The van der Waals surface area contributed by atoms with Crippen LogP contribution in [0.1, 0.15) is 36.5 Å². The Hall–Kier alpha value is -1.45. The minimum atomic E-state index is -0.698.